The first-order valence-corrected chi connectivity index (χ1v) is 13.0. The zero-order valence-electron chi connectivity index (χ0n) is 21.7. The zero-order chi connectivity index (χ0) is 27.9. The van der Waals surface area contributed by atoms with E-state index in [1.807, 2.05) is 0 Å². The number of nitrogens with zero attached hydrogens (tertiary/aromatic N) is 1. The van der Waals surface area contributed by atoms with Gasteiger partial charge in [-0.1, -0.05) is 18.2 Å². The number of hydrogen-bond donors (Lipinski definition) is 2. The summed E-state index contributed by atoms with van der Waals surface area (Å²) >= 11 is 1.28. The smallest absolute Gasteiger partial charge is 0.343 e. The van der Waals surface area contributed by atoms with Crippen molar-refractivity contribution in [2.75, 3.05) is 19.5 Å². The van der Waals surface area contributed by atoms with Crippen molar-refractivity contribution in [3.63, 3.8) is 0 Å². The Balaban J connectivity index is 1.46. The number of esters is 2. The van der Waals surface area contributed by atoms with Gasteiger partial charge in [0.05, 0.1) is 31.1 Å². The van der Waals surface area contributed by atoms with Gasteiger partial charge < -0.3 is 19.5 Å². The summed E-state index contributed by atoms with van der Waals surface area (Å²) in [6.07, 6.45) is 3.44. The molecule has 0 saturated carbocycles. The average Bonchev–Trinajstić information content (AvgIpc) is 3.33. The fourth-order valence-electron chi connectivity index (χ4n) is 4.14. The maximum absolute atomic E-state index is 12.7. The van der Waals surface area contributed by atoms with Crippen LogP contribution < -0.4 is 20.2 Å². The molecule has 2 N–H and O–H groups in total. The quantitative estimate of drug-likeness (QED) is 0.149. The summed E-state index contributed by atoms with van der Waals surface area (Å²) in [7, 11) is 2.77. The highest BCUT2D eigenvalue weighted by Gasteiger charge is 2.28. The van der Waals surface area contributed by atoms with Crippen LogP contribution in [0.2, 0.25) is 0 Å². The topological polar surface area (TPSA) is 132 Å². The van der Waals surface area contributed by atoms with Crippen LogP contribution in [0.25, 0.3) is 0 Å². The van der Waals surface area contributed by atoms with Crippen molar-refractivity contribution in [3.05, 3.63) is 75.7 Å². The Labute approximate surface area is 229 Å². The van der Waals surface area contributed by atoms with E-state index in [-0.39, 0.29) is 10.8 Å². The van der Waals surface area contributed by atoms with Gasteiger partial charge in [-0.25, -0.2) is 15.0 Å². The van der Waals surface area contributed by atoms with Gasteiger partial charge in [-0.15, -0.1) is 11.3 Å². The van der Waals surface area contributed by atoms with Crippen molar-refractivity contribution in [3.8, 4) is 11.5 Å². The van der Waals surface area contributed by atoms with Crippen molar-refractivity contribution in [2.24, 2.45) is 5.10 Å². The maximum atomic E-state index is 12.7. The molecule has 10 nitrogen and oxygen atoms in total. The van der Waals surface area contributed by atoms with Crippen LogP contribution >= 0.6 is 11.3 Å². The predicted octanol–water partition coefficient (Wildman–Crippen LogP) is 4.12. The van der Waals surface area contributed by atoms with Gasteiger partial charge in [-0.3, -0.25) is 9.59 Å². The first-order chi connectivity index (χ1) is 18.8. The van der Waals surface area contributed by atoms with Crippen LogP contribution in [0.1, 0.15) is 56.5 Å². The Morgan fingerprint density at radius 1 is 0.923 bits per heavy atom. The lowest BCUT2D eigenvalue weighted by molar-refractivity contribution is -0.136. The largest absolute Gasteiger partial charge is 0.497 e. The molecule has 0 atom stereocenters. The number of benzene rings is 2. The van der Waals surface area contributed by atoms with Gasteiger partial charge in [-0.2, -0.15) is 5.10 Å². The molecular formula is C28H27N3O7S. The summed E-state index contributed by atoms with van der Waals surface area (Å²) in [5.41, 5.74) is 4.41. The zero-order valence-corrected chi connectivity index (χ0v) is 22.5. The van der Waals surface area contributed by atoms with E-state index in [0.29, 0.717) is 34.6 Å². The summed E-state index contributed by atoms with van der Waals surface area (Å²) in [4.78, 5) is 51.3. The molecule has 3 aromatic rings. The van der Waals surface area contributed by atoms with E-state index in [2.05, 4.69) is 15.8 Å². The molecule has 0 bridgehead atoms. The molecule has 0 fully saturated rings. The normalized spacial score (nSPS) is 12.6. The minimum atomic E-state index is -1.03. The first kappa shape index (κ1) is 27.5. The van der Waals surface area contributed by atoms with Crippen molar-refractivity contribution < 1.29 is 33.4 Å². The minimum Gasteiger partial charge on any atom is -0.497 e. The lowest BCUT2D eigenvalue weighted by Crippen LogP contribution is -2.33. The number of methoxy groups -OCH3 is 2. The molecule has 39 heavy (non-hydrogen) atoms. The molecule has 0 radical (unpaired) electrons. The number of hydrazone groups is 1. The Hall–Kier alpha value is -4.51. The van der Waals surface area contributed by atoms with Crippen LogP contribution in [0.15, 0.2) is 53.6 Å². The molecule has 0 unspecified atom stereocenters. The molecule has 1 aliphatic rings. The minimum absolute atomic E-state index is 0.220. The van der Waals surface area contributed by atoms with Gasteiger partial charge in [0.15, 0.2) is 0 Å². The number of rotatable bonds is 7. The molecule has 4 rings (SSSR count). The van der Waals surface area contributed by atoms with E-state index in [9.17, 15) is 19.2 Å². The van der Waals surface area contributed by atoms with E-state index in [4.69, 9.17) is 14.2 Å². The highest BCUT2D eigenvalue weighted by molar-refractivity contribution is 7.17. The number of carbonyl (C=O) groups excluding carboxylic acids is 4. The molecule has 1 aliphatic carbocycles. The van der Waals surface area contributed by atoms with E-state index in [1.165, 1.54) is 25.6 Å². The summed E-state index contributed by atoms with van der Waals surface area (Å²) in [5.74, 6) is -2.43. The van der Waals surface area contributed by atoms with Crippen molar-refractivity contribution in [1.29, 1.82) is 0 Å². The Morgan fingerprint density at radius 3 is 2.46 bits per heavy atom. The molecule has 1 aromatic heterocycles. The van der Waals surface area contributed by atoms with E-state index in [1.54, 1.807) is 55.5 Å². The van der Waals surface area contributed by atoms with Crippen LogP contribution in [0.5, 0.6) is 11.5 Å². The molecule has 0 aliphatic heterocycles. The summed E-state index contributed by atoms with van der Waals surface area (Å²) < 4.78 is 15.6. The van der Waals surface area contributed by atoms with Gasteiger partial charge in [-0.05, 0) is 68.5 Å². The lowest BCUT2D eigenvalue weighted by Gasteiger charge is -2.11. The van der Waals surface area contributed by atoms with Gasteiger partial charge in [0.1, 0.15) is 16.5 Å². The SMILES string of the molecule is COC(=O)c1c(NC(=O)C(=O)N/N=C(\C)c2ccccc2OC(=O)c2cccc(OC)c2)sc2c1CCCC2. The summed E-state index contributed by atoms with van der Waals surface area (Å²) in [6.45, 7) is 1.60. The number of hydrogen-bond acceptors (Lipinski definition) is 9. The molecule has 0 saturated heterocycles. The second-order valence-corrected chi connectivity index (χ2v) is 9.72. The predicted molar refractivity (Wildman–Crippen MR) is 146 cm³/mol. The Bertz CT molecular complexity index is 1460. The summed E-state index contributed by atoms with van der Waals surface area (Å²) in [6, 6.07) is 13.2. The van der Waals surface area contributed by atoms with Crippen LogP contribution in [-0.2, 0) is 27.2 Å². The second kappa shape index (κ2) is 12.4. The number of thiophene rings is 1. The van der Waals surface area contributed by atoms with Crippen molar-refractivity contribution in [1.82, 2.24) is 5.43 Å². The molecule has 2 amide bonds. The summed E-state index contributed by atoms with van der Waals surface area (Å²) in [5, 5.41) is 6.83. The third-order valence-electron chi connectivity index (χ3n) is 6.10. The van der Waals surface area contributed by atoms with Crippen molar-refractivity contribution >= 4 is 45.8 Å². The Kier molecular flexibility index (Phi) is 8.72. The second-order valence-electron chi connectivity index (χ2n) is 8.62. The lowest BCUT2D eigenvalue weighted by atomic mass is 9.95. The maximum Gasteiger partial charge on any atom is 0.343 e. The van der Waals surface area contributed by atoms with E-state index < -0.39 is 23.8 Å². The average molecular weight is 550 g/mol. The highest BCUT2D eigenvalue weighted by atomic mass is 32.1. The molecule has 2 aromatic carbocycles. The number of aryl methyl sites for hydroxylation is 1. The number of carbonyl (C=O) groups is 4. The van der Waals surface area contributed by atoms with Crippen LogP contribution in [0, 0.1) is 0 Å². The fraction of sp³-hybridized carbons (Fsp3) is 0.250. The monoisotopic (exact) mass is 549 g/mol. The van der Waals surface area contributed by atoms with E-state index >= 15 is 0 Å². The van der Waals surface area contributed by atoms with Crippen LogP contribution in [0.3, 0.4) is 0 Å². The number of anilines is 1. The Morgan fingerprint density at radius 2 is 1.69 bits per heavy atom. The molecule has 0 spiro atoms. The third-order valence-corrected chi connectivity index (χ3v) is 7.31. The van der Waals surface area contributed by atoms with Crippen molar-refractivity contribution in [2.45, 2.75) is 32.6 Å². The number of para-hydroxylation sites is 1. The highest BCUT2D eigenvalue weighted by Crippen LogP contribution is 2.38. The van der Waals surface area contributed by atoms with Gasteiger partial charge in [0.2, 0.25) is 0 Å². The molecule has 11 heteroatoms. The third kappa shape index (κ3) is 6.32. The van der Waals surface area contributed by atoms with Gasteiger partial charge in [0, 0.05) is 10.4 Å². The van der Waals surface area contributed by atoms with Gasteiger partial charge >= 0.3 is 23.8 Å². The molecule has 202 valence electrons. The fourth-order valence-corrected chi connectivity index (χ4v) is 5.41. The van der Waals surface area contributed by atoms with E-state index in [0.717, 1.165) is 29.7 Å². The number of ether oxygens (including phenoxy) is 3. The van der Waals surface area contributed by atoms with Gasteiger partial charge in [0.25, 0.3) is 0 Å². The standard InChI is InChI=1S/C28H27N3O7S/c1-16(19-11-4-6-13-21(19)38-27(34)17-9-8-10-18(15-17)36-2)30-31-25(33)24(32)29-26-23(28(35)37-3)20-12-5-7-14-22(20)39-26/h4,6,8-11,13,15H,5,7,12,14H2,1-3H3,(H,29,32)(H,31,33)/b30-16+. The molecule has 1 heterocycles. The van der Waals surface area contributed by atoms with Crippen LogP contribution in [-0.4, -0.2) is 43.7 Å². The number of nitrogens with one attached hydrogen (secondary N) is 2. The number of fused-ring (bicyclic) bond motifs is 1. The first-order valence-electron chi connectivity index (χ1n) is 12.2. The number of amides is 2. The molecular weight excluding hydrogens is 522 g/mol. The van der Waals surface area contributed by atoms with Crippen LogP contribution in [0.4, 0.5) is 5.00 Å².